The number of halogens is 4. The smallest absolute Gasteiger partial charge is 0.214 e. The number of benzene rings is 3. The molecule has 1 N–H and O–H groups in total. The van der Waals surface area contributed by atoms with Gasteiger partial charge in [-0.25, -0.2) is 17.5 Å². The van der Waals surface area contributed by atoms with E-state index in [2.05, 4.69) is 20.1 Å². The first-order valence-corrected chi connectivity index (χ1v) is 11.8. The number of aromatic nitrogens is 4. The summed E-state index contributed by atoms with van der Waals surface area (Å²) >= 11 is 0. The third-order valence-electron chi connectivity index (χ3n) is 5.30. The van der Waals surface area contributed by atoms with E-state index < -0.39 is 27.6 Å². The van der Waals surface area contributed by atoms with E-state index in [0.717, 1.165) is 12.1 Å². The number of nitrogens with zero attached hydrogens (tertiary/aromatic N) is 4. The molecule has 7 nitrogen and oxygen atoms in total. The van der Waals surface area contributed by atoms with Gasteiger partial charge in [-0.2, -0.15) is 18.0 Å². The fourth-order valence-corrected chi connectivity index (χ4v) is 4.19. The van der Waals surface area contributed by atoms with Gasteiger partial charge in [-0.1, -0.05) is 36.4 Å². The minimum atomic E-state index is -4.45. The molecule has 0 aliphatic heterocycles. The van der Waals surface area contributed by atoms with E-state index >= 15 is 0 Å². The van der Waals surface area contributed by atoms with Gasteiger partial charge in [0.25, 0.3) is 0 Å². The Kier molecular flexibility index (Phi) is 6.68. The molecular formula is C23H19F4N5O2S. The molecule has 1 aromatic heterocycles. The molecule has 0 saturated carbocycles. The summed E-state index contributed by atoms with van der Waals surface area (Å²) in [4.78, 5) is 1.13. The largest absolute Gasteiger partial charge is 0.416 e. The summed E-state index contributed by atoms with van der Waals surface area (Å²) in [5.41, 5.74) is 1.05. The van der Waals surface area contributed by atoms with Gasteiger partial charge in [-0.05, 0) is 60.1 Å². The molecular weight excluding hydrogens is 486 g/mol. The zero-order valence-electron chi connectivity index (χ0n) is 18.3. The van der Waals surface area contributed by atoms with E-state index in [1.54, 1.807) is 24.3 Å². The van der Waals surface area contributed by atoms with Crippen LogP contribution >= 0.6 is 0 Å². The Bertz CT molecular complexity index is 1450. The van der Waals surface area contributed by atoms with Crippen molar-refractivity contribution in [1.29, 1.82) is 0 Å². The summed E-state index contributed by atoms with van der Waals surface area (Å²) < 4.78 is 79.6. The third kappa shape index (κ3) is 5.54. The predicted molar refractivity (Wildman–Crippen MR) is 119 cm³/mol. The molecule has 12 heteroatoms. The summed E-state index contributed by atoms with van der Waals surface area (Å²) in [6.07, 6.45) is -4.26. The highest BCUT2D eigenvalue weighted by Gasteiger charge is 2.30. The number of sulfonamides is 1. The lowest BCUT2D eigenvalue weighted by molar-refractivity contribution is -0.137. The standard InChI is InChI=1S/C23H19F4N5O2S/c1-28-35(33,34)19-11-8-16(12-15-6-9-18(10-7-15)23(25,26)27)20(13-19)22-29-31-32(30-22)14-17-4-2-3-5-21(17)24/h2-11,13,28H,12,14H2,1H3. The first kappa shape index (κ1) is 24.5. The van der Waals surface area contributed by atoms with Crippen LogP contribution in [0.25, 0.3) is 11.4 Å². The molecule has 3 aromatic carbocycles. The Labute approximate surface area is 198 Å². The quantitative estimate of drug-likeness (QED) is 0.383. The molecule has 182 valence electrons. The number of alkyl halides is 3. The van der Waals surface area contributed by atoms with Crippen molar-refractivity contribution in [2.75, 3.05) is 7.05 Å². The summed E-state index contributed by atoms with van der Waals surface area (Å²) in [7, 11) is -2.52. The van der Waals surface area contributed by atoms with Gasteiger partial charge >= 0.3 is 6.18 Å². The van der Waals surface area contributed by atoms with Crippen LogP contribution in [0, 0.1) is 5.82 Å². The lowest BCUT2D eigenvalue weighted by Gasteiger charge is -2.11. The molecule has 0 bridgehead atoms. The maximum absolute atomic E-state index is 14.0. The fourth-order valence-electron chi connectivity index (χ4n) is 3.43. The van der Waals surface area contributed by atoms with Crippen molar-refractivity contribution in [3.8, 4) is 11.4 Å². The first-order valence-electron chi connectivity index (χ1n) is 10.3. The first-order chi connectivity index (χ1) is 16.6. The predicted octanol–water partition coefficient (Wildman–Crippen LogP) is 4.05. The van der Waals surface area contributed by atoms with E-state index in [4.69, 9.17) is 0 Å². The van der Waals surface area contributed by atoms with Gasteiger partial charge in [0.1, 0.15) is 5.82 Å². The number of hydrogen-bond acceptors (Lipinski definition) is 5. The van der Waals surface area contributed by atoms with E-state index in [1.165, 1.54) is 42.2 Å². The average Bonchev–Trinajstić information content (AvgIpc) is 3.29. The highest BCUT2D eigenvalue weighted by molar-refractivity contribution is 7.89. The van der Waals surface area contributed by atoms with Crippen molar-refractivity contribution >= 4 is 10.0 Å². The molecule has 0 spiro atoms. The topological polar surface area (TPSA) is 89.8 Å². The summed E-state index contributed by atoms with van der Waals surface area (Å²) in [5.74, 6) is -0.340. The Morgan fingerprint density at radius 1 is 0.971 bits per heavy atom. The van der Waals surface area contributed by atoms with E-state index in [1.807, 2.05) is 0 Å². The van der Waals surface area contributed by atoms with Crippen molar-refractivity contribution in [1.82, 2.24) is 24.9 Å². The minimum absolute atomic E-state index is 0.00240. The van der Waals surface area contributed by atoms with Crippen LogP contribution in [0.2, 0.25) is 0 Å². The second-order valence-corrected chi connectivity index (χ2v) is 9.52. The Morgan fingerprint density at radius 2 is 1.69 bits per heavy atom. The van der Waals surface area contributed by atoms with Gasteiger partial charge < -0.3 is 0 Å². The monoisotopic (exact) mass is 505 g/mol. The van der Waals surface area contributed by atoms with Crippen LogP contribution in [-0.2, 0) is 29.2 Å². The van der Waals surface area contributed by atoms with Gasteiger partial charge in [0, 0.05) is 11.1 Å². The molecule has 0 unspecified atom stereocenters. The number of nitrogens with one attached hydrogen (secondary N) is 1. The van der Waals surface area contributed by atoms with Crippen molar-refractivity contribution in [2.24, 2.45) is 0 Å². The zero-order chi connectivity index (χ0) is 25.2. The Hall–Kier alpha value is -3.64. The molecule has 0 radical (unpaired) electrons. The van der Waals surface area contributed by atoms with Crippen molar-refractivity contribution in [3.05, 3.63) is 94.8 Å². The SMILES string of the molecule is CNS(=O)(=O)c1ccc(Cc2ccc(C(F)(F)F)cc2)c(-c2nnn(Cc3ccccc3F)n2)c1. The van der Waals surface area contributed by atoms with Crippen molar-refractivity contribution < 1.29 is 26.0 Å². The van der Waals surface area contributed by atoms with E-state index in [-0.39, 0.29) is 23.7 Å². The molecule has 4 aromatic rings. The van der Waals surface area contributed by atoms with Crippen LogP contribution in [0.15, 0.2) is 71.6 Å². The minimum Gasteiger partial charge on any atom is -0.214 e. The molecule has 4 rings (SSSR count). The van der Waals surface area contributed by atoms with Crippen LogP contribution in [0.4, 0.5) is 17.6 Å². The molecule has 0 fully saturated rings. The van der Waals surface area contributed by atoms with Crippen LogP contribution in [0.1, 0.15) is 22.3 Å². The average molecular weight is 505 g/mol. The second kappa shape index (κ2) is 9.55. The molecule has 35 heavy (non-hydrogen) atoms. The zero-order valence-corrected chi connectivity index (χ0v) is 19.1. The van der Waals surface area contributed by atoms with Gasteiger partial charge in [-0.3, -0.25) is 0 Å². The molecule has 0 saturated heterocycles. The lowest BCUT2D eigenvalue weighted by Crippen LogP contribution is -2.18. The highest BCUT2D eigenvalue weighted by atomic mass is 32.2. The van der Waals surface area contributed by atoms with E-state index in [0.29, 0.717) is 22.3 Å². The molecule has 1 heterocycles. The van der Waals surface area contributed by atoms with Gasteiger partial charge in [-0.15, -0.1) is 10.2 Å². The van der Waals surface area contributed by atoms with Crippen molar-refractivity contribution in [3.63, 3.8) is 0 Å². The highest BCUT2D eigenvalue weighted by Crippen LogP contribution is 2.30. The summed E-state index contributed by atoms with van der Waals surface area (Å²) in [6, 6.07) is 15.1. The normalized spacial score (nSPS) is 12.1. The second-order valence-electron chi connectivity index (χ2n) is 7.63. The fraction of sp³-hybridized carbons (Fsp3) is 0.174. The van der Waals surface area contributed by atoms with Crippen molar-refractivity contribution in [2.45, 2.75) is 24.0 Å². The molecule has 0 amide bonds. The Morgan fingerprint density at radius 3 is 2.34 bits per heavy atom. The number of tetrazole rings is 1. The van der Waals surface area contributed by atoms with Gasteiger partial charge in [0.15, 0.2) is 0 Å². The Balaban J connectivity index is 1.71. The summed E-state index contributed by atoms with van der Waals surface area (Å²) in [6.45, 7) is 0.00240. The maximum atomic E-state index is 14.0. The summed E-state index contributed by atoms with van der Waals surface area (Å²) in [5, 5.41) is 12.2. The van der Waals surface area contributed by atoms with Crippen LogP contribution in [0.5, 0.6) is 0 Å². The van der Waals surface area contributed by atoms with E-state index in [9.17, 15) is 26.0 Å². The van der Waals surface area contributed by atoms with Gasteiger partial charge in [0.05, 0.1) is 17.0 Å². The maximum Gasteiger partial charge on any atom is 0.416 e. The third-order valence-corrected chi connectivity index (χ3v) is 6.71. The number of hydrogen-bond donors (Lipinski definition) is 1. The number of rotatable bonds is 7. The van der Waals surface area contributed by atoms with Crippen LogP contribution in [-0.4, -0.2) is 35.7 Å². The van der Waals surface area contributed by atoms with Crippen LogP contribution in [0.3, 0.4) is 0 Å². The molecule has 0 aliphatic rings. The lowest BCUT2D eigenvalue weighted by atomic mass is 9.98. The molecule has 0 aliphatic carbocycles. The van der Waals surface area contributed by atoms with Gasteiger partial charge in [0.2, 0.25) is 15.8 Å². The van der Waals surface area contributed by atoms with Crippen LogP contribution < -0.4 is 4.72 Å². The molecule has 0 atom stereocenters.